The third-order valence-corrected chi connectivity index (χ3v) is 3.12. The third-order valence-electron chi connectivity index (χ3n) is 2.27. The summed E-state index contributed by atoms with van der Waals surface area (Å²) in [5, 5.41) is 0. The van der Waals surface area contributed by atoms with Crippen molar-refractivity contribution >= 4 is 35.0 Å². The summed E-state index contributed by atoms with van der Waals surface area (Å²) in [4.78, 5) is 0. The number of halogens is 1. The summed E-state index contributed by atoms with van der Waals surface area (Å²) in [6.07, 6.45) is 11.0. The molecule has 2 heteroatoms. The fourth-order valence-corrected chi connectivity index (χ4v) is 2.00. The van der Waals surface area contributed by atoms with E-state index in [-0.39, 0.29) is 5.41 Å². The SMILES string of the molecule is CC1(C)C=Cc2ccn(I)c2C=C1. The van der Waals surface area contributed by atoms with E-state index >= 15 is 0 Å². The lowest BCUT2D eigenvalue weighted by atomic mass is 9.93. The molecule has 0 saturated heterocycles. The monoisotopic (exact) mass is 285 g/mol. The van der Waals surface area contributed by atoms with Gasteiger partial charge in [0.1, 0.15) is 0 Å². The van der Waals surface area contributed by atoms with E-state index in [0.717, 1.165) is 0 Å². The van der Waals surface area contributed by atoms with Gasteiger partial charge in [-0.15, -0.1) is 0 Å². The lowest BCUT2D eigenvalue weighted by molar-refractivity contribution is 0.633. The molecule has 0 amide bonds. The van der Waals surface area contributed by atoms with Crippen molar-refractivity contribution < 1.29 is 0 Å². The van der Waals surface area contributed by atoms with Gasteiger partial charge in [-0.25, -0.2) is 0 Å². The third kappa shape index (κ3) is 1.73. The zero-order chi connectivity index (χ0) is 9.47. The Balaban J connectivity index is 2.54. The highest BCUT2D eigenvalue weighted by molar-refractivity contribution is 14.1. The van der Waals surface area contributed by atoms with Gasteiger partial charge in [-0.1, -0.05) is 32.1 Å². The second kappa shape index (κ2) is 3.01. The van der Waals surface area contributed by atoms with E-state index in [1.807, 2.05) is 0 Å². The van der Waals surface area contributed by atoms with Gasteiger partial charge in [0.05, 0.1) is 28.6 Å². The maximum atomic E-state index is 2.30. The molecule has 68 valence electrons. The minimum Gasteiger partial charge on any atom is -0.290 e. The number of hydrogen-bond donors (Lipinski definition) is 0. The van der Waals surface area contributed by atoms with Crippen LogP contribution in [0.2, 0.25) is 0 Å². The highest BCUT2D eigenvalue weighted by atomic mass is 127. The summed E-state index contributed by atoms with van der Waals surface area (Å²) in [5.41, 5.74) is 2.76. The molecule has 2 rings (SSSR count). The van der Waals surface area contributed by atoms with Crippen LogP contribution in [0.3, 0.4) is 0 Å². The number of hydrogen-bond acceptors (Lipinski definition) is 0. The second-order valence-corrected chi connectivity index (χ2v) is 5.00. The van der Waals surface area contributed by atoms with E-state index in [1.165, 1.54) is 11.3 Å². The van der Waals surface area contributed by atoms with Gasteiger partial charge in [0, 0.05) is 17.2 Å². The van der Waals surface area contributed by atoms with Gasteiger partial charge in [0.15, 0.2) is 0 Å². The normalized spacial score (nSPS) is 18.4. The Morgan fingerprint density at radius 2 is 1.92 bits per heavy atom. The van der Waals surface area contributed by atoms with Gasteiger partial charge < -0.3 is 0 Å². The van der Waals surface area contributed by atoms with Crippen LogP contribution in [0.1, 0.15) is 25.1 Å². The van der Waals surface area contributed by atoms with Crippen molar-refractivity contribution in [3.05, 3.63) is 35.7 Å². The molecule has 0 bridgehead atoms. The van der Waals surface area contributed by atoms with Crippen LogP contribution in [0.15, 0.2) is 24.4 Å². The first-order valence-corrected chi connectivity index (χ1v) is 5.31. The molecule has 0 aromatic carbocycles. The van der Waals surface area contributed by atoms with Crippen LogP contribution >= 0.6 is 22.9 Å². The Bertz CT molecular complexity index is 383. The number of allylic oxidation sites excluding steroid dienone is 2. The Labute approximate surface area is 92.6 Å². The molecule has 1 aliphatic carbocycles. The standard InChI is InChI=1S/C11H12IN/c1-11(2)6-3-9-5-8-13(12)10(9)4-7-11/h3-8H,1-2H3. The molecule has 0 spiro atoms. The topological polar surface area (TPSA) is 4.93 Å². The fourth-order valence-electron chi connectivity index (χ4n) is 1.40. The van der Waals surface area contributed by atoms with Gasteiger partial charge in [-0.2, -0.15) is 0 Å². The van der Waals surface area contributed by atoms with Gasteiger partial charge in [-0.3, -0.25) is 2.78 Å². The number of nitrogens with zero attached hydrogens (tertiary/aromatic N) is 1. The van der Waals surface area contributed by atoms with Crippen molar-refractivity contribution in [1.82, 2.24) is 2.78 Å². The quantitative estimate of drug-likeness (QED) is 0.640. The summed E-state index contributed by atoms with van der Waals surface area (Å²) < 4.78 is 2.12. The molecule has 1 heterocycles. The lowest BCUT2D eigenvalue weighted by Gasteiger charge is -2.12. The molecular weight excluding hydrogens is 273 g/mol. The average molecular weight is 285 g/mol. The maximum absolute atomic E-state index is 2.30. The van der Waals surface area contributed by atoms with Crippen molar-refractivity contribution in [3.8, 4) is 0 Å². The molecule has 13 heavy (non-hydrogen) atoms. The predicted molar refractivity (Wildman–Crippen MR) is 65.7 cm³/mol. The summed E-state index contributed by atoms with van der Waals surface area (Å²) in [7, 11) is 0. The van der Waals surface area contributed by atoms with E-state index < -0.39 is 0 Å². The van der Waals surface area contributed by atoms with Crippen LogP contribution in [0.4, 0.5) is 0 Å². The highest BCUT2D eigenvalue weighted by Crippen LogP contribution is 2.28. The van der Waals surface area contributed by atoms with Crippen LogP contribution in [0, 0.1) is 5.41 Å². The first kappa shape index (κ1) is 9.06. The lowest BCUT2D eigenvalue weighted by Crippen LogP contribution is -2.00. The van der Waals surface area contributed by atoms with E-state index in [4.69, 9.17) is 0 Å². The number of aromatic nitrogens is 1. The molecule has 1 aromatic rings. The molecule has 1 aromatic heterocycles. The van der Waals surface area contributed by atoms with Gasteiger partial charge in [0.2, 0.25) is 0 Å². The fraction of sp³-hybridized carbons (Fsp3) is 0.273. The molecule has 0 unspecified atom stereocenters. The Morgan fingerprint density at radius 3 is 2.69 bits per heavy atom. The molecule has 0 N–H and O–H groups in total. The van der Waals surface area contributed by atoms with Crippen LogP contribution in [0.5, 0.6) is 0 Å². The highest BCUT2D eigenvalue weighted by Gasteiger charge is 2.13. The molecule has 0 radical (unpaired) electrons. The summed E-state index contributed by atoms with van der Waals surface area (Å²) in [6.45, 7) is 4.42. The molecule has 0 aliphatic heterocycles. The van der Waals surface area contributed by atoms with Gasteiger partial charge >= 0.3 is 0 Å². The number of fused-ring (bicyclic) bond motifs is 1. The molecule has 0 saturated carbocycles. The van der Waals surface area contributed by atoms with Crippen molar-refractivity contribution in [2.24, 2.45) is 5.41 Å². The molecule has 1 nitrogen and oxygen atoms in total. The minimum atomic E-state index is 0.176. The van der Waals surface area contributed by atoms with Gasteiger partial charge in [0.25, 0.3) is 0 Å². The first-order chi connectivity index (χ1) is 6.08. The Kier molecular flexibility index (Phi) is 2.10. The molecule has 0 fully saturated rings. The number of rotatable bonds is 0. The Hall–Kier alpha value is -0.510. The van der Waals surface area contributed by atoms with Crippen molar-refractivity contribution in [1.29, 1.82) is 0 Å². The first-order valence-electron chi connectivity index (χ1n) is 4.34. The van der Waals surface area contributed by atoms with Crippen LogP contribution < -0.4 is 0 Å². The van der Waals surface area contributed by atoms with E-state index in [2.05, 4.69) is 76.1 Å². The van der Waals surface area contributed by atoms with Crippen molar-refractivity contribution in [2.45, 2.75) is 13.8 Å². The zero-order valence-corrected chi connectivity index (χ0v) is 9.95. The van der Waals surface area contributed by atoms with Crippen LogP contribution in [-0.2, 0) is 0 Å². The molecule has 0 atom stereocenters. The van der Waals surface area contributed by atoms with Crippen molar-refractivity contribution in [3.63, 3.8) is 0 Å². The molecular formula is C11H12IN. The molecule has 1 aliphatic rings. The van der Waals surface area contributed by atoms with Crippen LogP contribution in [-0.4, -0.2) is 2.78 Å². The largest absolute Gasteiger partial charge is 0.290 e. The minimum absolute atomic E-state index is 0.176. The van der Waals surface area contributed by atoms with Crippen LogP contribution in [0.25, 0.3) is 12.2 Å². The maximum Gasteiger partial charge on any atom is 0.0640 e. The van der Waals surface area contributed by atoms with E-state index in [0.29, 0.717) is 0 Å². The smallest absolute Gasteiger partial charge is 0.0640 e. The van der Waals surface area contributed by atoms with Gasteiger partial charge in [-0.05, 0) is 12.1 Å². The van der Waals surface area contributed by atoms with Crippen molar-refractivity contribution in [2.75, 3.05) is 0 Å². The summed E-state index contributed by atoms with van der Waals surface area (Å²) in [6, 6.07) is 2.14. The average Bonchev–Trinajstić information content (AvgIpc) is 2.32. The summed E-state index contributed by atoms with van der Waals surface area (Å²) >= 11 is 2.30. The van der Waals surface area contributed by atoms with E-state index in [9.17, 15) is 0 Å². The Morgan fingerprint density at radius 1 is 1.23 bits per heavy atom. The summed E-state index contributed by atoms with van der Waals surface area (Å²) in [5.74, 6) is 0. The van der Waals surface area contributed by atoms with E-state index in [1.54, 1.807) is 0 Å². The zero-order valence-electron chi connectivity index (χ0n) is 7.79. The predicted octanol–water partition coefficient (Wildman–Crippen LogP) is 3.75. The second-order valence-electron chi connectivity index (χ2n) is 3.96.